The highest BCUT2D eigenvalue weighted by atomic mass is 35.5. The van der Waals surface area contributed by atoms with Crippen LogP contribution in [0.25, 0.3) is 0 Å². The van der Waals surface area contributed by atoms with Crippen LogP contribution in [0.4, 0.5) is 14.5 Å². The highest BCUT2D eigenvalue weighted by Crippen LogP contribution is 2.36. The molecular formula is C17H13Cl2F2N3O4S. The van der Waals surface area contributed by atoms with Crippen LogP contribution in [0.5, 0.6) is 5.88 Å². The van der Waals surface area contributed by atoms with Gasteiger partial charge in [-0.3, -0.25) is 9.10 Å². The van der Waals surface area contributed by atoms with Crippen LogP contribution in [0.3, 0.4) is 0 Å². The monoisotopic (exact) mass is 463 g/mol. The quantitative estimate of drug-likeness (QED) is 0.698. The second-order valence-electron chi connectivity index (χ2n) is 6.57. The second kappa shape index (κ2) is 6.96. The number of likely N-dealkylation sites (tertiary alicyclic amines) is 1. The molecule has 0 bridgehead atoms. The Morgan fingerprint density at radius 1 is 1.17 bits per heavy atom. The van der Waals surface area contributed by atoms with Crippen LogP contribution >= 0.6 is 23.2 Å². The highest BCUT2D eigenvalue weighted by Gasteiger charge is 2.46. The van der Waals surface area contributed by atoms with Crippen molar-refractivity contribution in [3.8, 4) is 5.88 Å². The summed E-state index contributed by atoms with van der Waals surface area (Å²) in [5.74, 6) is -3.56. The van der Waals surface area contributed by atoms with Crippen molar-refractivity contribution in [1.29, 1.82) is 0 Å². The first-order chi connectivity index (χ1) is 13.6. The molecule has 0 aliphatic carbocycles. The number of benzene rings is 1. The number of amides is 1. The Morgan fingerprint density at radius 3 is 2.55 bits per heavy atom. The van der Waals surface area contributed by atoms with Crippen LogP contribution in [0.2, 0.25) is 10.0 Å². The summed E-state index contributed by atoms with van der Waals surface area (Å²) in [5, 5.41) is 0.274. The SMILES string of the molecule is O=C(c1cnc2c(c1)N(S(=O)(=O)c1ccc(Cl)c(Cl)c1)CCO2)N1CC(F)(F)C1. The van der Waals surface area contributed by atoms with Crippen LogP contribution in [-0.4, -0.2) is 56.4 Å². The van der Waals surface area contributed by atoms with Gasteiger partial charge >= 0.3 is 0 Å². The van der Waals surface area contributed by atoms with Crippen LogP contribution in [-0.2, 0) is 10.0 Å². The molecule has 0 unspecified atom stereocenters. The van der Waals surface area contributed by atoms with E-state index in [9.17, 15) is 22.0 Å². The predicted octanol–water partition coefficient (Wildman–Crippen LogP) is 3.07. The third kappa shape index (κ3) is 3.60. The Labute approximate surface area is 174 Å². The number of carbonyl (C=O) groups excluding carboxylic acids is 1. The molecule has 2 aliphatic rings. The third-order valence-electron chi connectivity index (χ3n) is 4.49. The average Bonchev–Trinajstić information content (AvgIpc) is 2.66. The average molecular weight is 464 g/mol. The van der Waals surface area contributed by atoms with E-state index in [2.05, 4.69) is 4.98 Å². The van der Waals surface area contributed by atoms with Gasteiger partial charge in [0.2, 0.25) is 5.88 Å². The van der Waals surface area contributed by atoms with E-state index in [0.717, 1.165) is 9.21 Å². The minimum absolute atomic E-state index is 0.0147. The van der Waals surface area contributed by atoms with E-state index in [1.54, 1.807) is 0 Å². The number of carbonyl (C=O) groups is 1. The van der Waals surface area contributed by atoms with Crippen LogP contribution in [0, 0.1) is 0 Å². The summed E-state index contributed by atoms with van der Waals surface area (Å²) in [6, 6.07) is 5.16. The molecule has 0 radical (unpaired) electrons. The first kappa shape index (κ1) is 20.1. The number of hydrogen-bond acceptors (Lipinski definition) is 5. The Bertz CT molecular complexity index is 1110. The lowest BCUT2D eigenvalue weighted by atomic mass is 10.1. The molecule has 2 aromatic rings. The molecule has 0 saturated carbocycles. The topological polar surface area (TPSA) is 79.8 Å². The zero-order valence-corrected chi connectivity index (χ0v) is 16.9. The standard InChI is InChI=1S/C17H13Cl2F2N3O4S/c18-12-2-1-11(6-13(12)19)29(26,27)24-3-4-28-15-14(24)5-10(7-22-15)16(25)23-8-17(20,21)9-23/h1-2,5-7H,3-4,8-9H2. The molecular weight excluding hydrogens is 451 g/mol. The predicted molar refractivity (Wildman–Crippen MR) is 102 cm³/mol. The zero-order valence-electron chi connectivity index (χ0n) is 14.6. The van der Waals surface area contributed by atoms with Gasteiger partial charge in [-0.05, 0) is 24.3 Å². The van der Waals surface area contributed by atoms with Gasteiger partial charge in [-0.1, -0.05) is 23.2 Å². The maximum atomic E-state index is 13.1. The molecule has 29 heavy (non-hydrogen) atoms. The number of sulfonamides is 1. The summed E-state index contributed by atoms with van der Waals surface area (Å²) in [6.45, 7) is -1.36. The molecule has 0 N–H and O–H groups in total. The lowest BCUT2D eigenvalue weighted by Crippen LogP contribution is -2.58. The smallest absolute Gasteiger partial charge is 0.282 e. The van der Waals surface area contributed by atoms with Gasteiger partial charge in [0.15, 0.2) is 0 Å². The zero-order chi connectivity index (χ0) is 21.0. The summed E-state index contributed by atoms with van der Waals surface area (Å²) in [5.41, 5.74) is 0.0274. The number of alkyl halides is 2. The van der Waals surface area contributed by atoms with Gasteiger partial charge in [0.25, 0.3) is 21.9 Å². The van der Waals surface area contributed by atoms with Crippen LogP contribution < -0.4 is 9.04 Å². The van der Waals surface area contributed by atoms with Crippen molar-refractivity contribution in [1.82, 2.24) is 9.88 Å². The molecule has 1 aromatic heterocycles. The summed E-state index contributed by atoms with van der Waals surface area (Å²) in [7, 11) is -4.06. The van der Waals surface area contributed by atoms with Gasteiger partial charge in [0, 0.05) is 6.20 Å². The first-order valence-electron chi connectivity index (χ1n) is 8.36. The molecule has 3 heterocycles. The lowest BCUT2D eigenvalue weighted by molar-refractivity contribution is -0.113. The van der Waals surface area contributed by atoms with Crippen molar-refractivity contribution in [3.63, 3.8) is 0 Å². The normalized spacial score (nSPS) is 17.9. The van der Waals surface area contributed by atoms with E-state index in [1.165, 1.54) is 30.5 Å². The fourth-order valence-corrected chi connectivity index (χ4v) is 4.87. The Kier molecular flexibility index (Phi) is 4.83. The number of ether oxygens (including phenoxy) is 1. The van der Waals surface area contributed by atoms with Crippen LogP contribution in [0.15, 0.2) is 35.4 Å². The molecule has 7 nitrogen and oxygen atoms in total. The van der Waals surface area contributed by atoms with E-state index in [4.69, 9.17) is 27.9 Å². The Morgan fingerprint density at radius 2 is 1.90 bits per heavy atom. The highest BCUT2D eigenvalue weighted by molar-refractivity contribution is 7.92. The van der Waals surface area contributed by atoms with Crippen molar-refractivity contribution in [2.24, 2.45) is 0 Å². The number of halogens is 4. The van der Waals surface area contributed by atoms with Crippen LogP contribution in [0.1, 0.15) is 10.4 Å². The summed E-state index contributed by atoms with van der Waals surface area (Å²) in [6.07, 6.45) is 1.17. The lowest BCUT2D eigenvalue weighted by Gasteiger charge is -2.38. The molecule has 1 aromatic carbocycles. The molecule has 12 heteroatoms. The summed E-state index contributed by atoms with van der Waals surface area (Å²) in [4.78, 5) is 17.3. The van der Waals surface area contributed by atoms with Gasteiger partial charge in [0.1, 0.15) is 12.3 Å². The fraction of sp³-hybridized carbons (Fsp3) is 0.294. The minimum atomic E-state index is -4.06. The van der Waals surface area contributed by atoms with E-state index >= 15 is 0 Å². The van der Waals surface area contributed by atoms with Gasteiger partial charge < -0.3 is 9.64 Å². The minimum Gasteiger partial charge on any atom is -0.474 e. The molecule has 1 amide bonds. The number of rotatable bonds is 3. The van der Waals surface area contributed by atoms with Crippen molar-refractivity contribution in [2.45, 2.75) is 10.8 Å². The number of aromatic nitrogens is 1. The Hall–Kier alpha value is -2.17. The molecule has 0 spiro atoms. The number of fused-ring (bicyclic) bond motifs is 1. The molecule has 154 valence electrons. The van der Waals surface area contributed by atoms with Crippen molar-refractivity contribution < 1.29 is 26.7 Å². The second-order valence-corrected chi connectivity index (χ2v) is 9.24. The largest absolute Gasteiger partial charge is 0.474 e. The molecule has 4 rings (SSSR count). The fourth-order valence-electron chi connectivity index (χ4n) is 3.05. The molecule has 1 saturated heterocycles. The number of pyridine rings is 1. The maximum absolute atomic E-state index is 13.1. The molecule has 0 atom stereocenters. The number of hydrogen-bond donors (Lipinski definition) is 0. The van der Waals surface area contributed by atoms with E-state index in [-0.39, 0.29) is 45.2 Å². The first-order valence-corrected chi connectivity index (χ1v) is 10.6. The third-order valence-corrected chi connectivity index (χ3v) is 7.04. The van der Waals surface area contributed by atoms with Gasteiger partial charge in [-0.25, -0.2) is 22.2 Å². The van der Waals surface area contributed by atoms with Gasteiger partial charge in [-0.15, -0.1) is 0 Å². The van der Waals surface area contributed by atoms with Crippen molar-refractivity contribution >= 4 is 44.8 Å². The van der Waals surface area contributed by atoms with Crippen molar-refractivity contribution in [2.75, 3.05) is 30.5 Å². The maximum Gasteiger partial charge on any atom is 0.282 e. The Balaban J connectivity index is 1.70. The van der Waals surface area contributed by atoms with E-state index in [1.807, 2.05) is 0 Å². The van der Waals surface area contributed by atoms with Gasteiger partial charge in [-0.2, -0.15) is 0 Å². The van der Waals surface area contributed by atoms with Crippen molar-refractivity contribution in [3.05, 3.63) is 46.1 Å². The van der Waals surface area contributed by atoms with E-state index < -0.39 is 34.9 Å². The summed E-state index contributed by atoms with van der Waals surface area (Å²) < 4.78 is 58.8. The van der Waals surface area contributed by atoms with Gasteiger partial charge in [0.05, 0.1) is 40.1 Å². The summed E-state index contributed by atoms with van der Waals surface area (Å²) >= 11 is 11.8. The molecule has 1 fully saturated rings. The van der Waals surface area contributed by atoms with E-state index in [0.29, 0.717) is 0 Å². The number of anilines is 1. The molecule has 2 aliphatic heterocycles. The number of nitrogens with zero attached hydrogens (tertiary/aromatic N) is 3.